The Bertz CT molecular complexity index is 351. The van der Waals surface area contributed by atoms with Gasteiger partial charge in [-0.15, -0.1) is 0 Å². The van der Waals surface area contributed by atoms with Gasteiger partial charge in [-0.25, -0.2) is 0 Å². The lowest BCUT2D eigenvalue weighted by atomic mass is 9.73. The molecular weight excluding hydrogens is 184 g/mol. The van der Waals surface area contributed by atoms with Crippen molar-refractivity contribution in [2.75, 3.05) is 0 Å². The highest BCUT2D eigenvalue weighted by Crippen LogP contribution is 2.38. The van der Waals surface area contributed by atoms with Gasteiger partial charge in [-0.2, -0.15) is 0 Å². The smallest absolute Gasteiger partial charge is 0.0726 e. The Morgan fingerprint density at radius 3 is 2.33 bits per heavy atom. The minimum Gasteiger partial charge on any atom is -0.389 e. The second kappa shape index (κ2) is 3.82. The second-order valence-corrected chi connectivity index (χ2v) is 4.88. The van der Waals surface area contributed by atoms with Gasteiger partial charge >= 0.3 is 0 Å². The number of hydrogen-bond donors (Lipinski definition) is 1. The van der Waals surface area contributed by atoms with Crippen LogP contribution in [-0.4, -0.2) is 11.2 Å². The molecule has 1 N–H and O–H groups in total. The number of allylic oxidation sites excluding steroid dienone is 1. The van der Waals surface area contributed by atoms with E-state index in [0.717, 1.165) is 6.42 Å². The van der Waals surface area contributed by atoms with Gasteiger partial charge in [0.05, 0.1) is 6.10 Å². The molecule has 1 aromatic carbocycles. The van der Waals surface area contributed by atoms with E-state index < -0.39 is 0 Å². The molecule has 0 amide bonds. The molecule has 80 valence electrons. The molecule has 1 heteroatoms. The molecule has 1 aliphatic rings. The molecule has 1 aliphatic carbocycles. The Kier molecular flexibility index (Phi) is 2.66. The number of benzene rings is 1. The van der Waals surface area contributed by atoms with Crippen LogP contribution < -0.4 is 0 Å². The van der Waals surface area contributed by atoms with Gasteiger partial charge in [0.25, 0.3) is 0 Å². The lowest BCUT2D eigenvalue weighted by Crippen LogP contribution is -2.27. The maximum Gasteiger partial charge on any atom is 0.0726 e. The SMILES string of the molecule is CC(C)(c1ccccc1)C1C=CC(O)C1. The summed E-state index contributed by atoms with van der Waals surface area (Å²) >= 11 is 0. The van der Waals surface area contributed by atoms with Gasteiger partial charge in [0, 0.05) is 0 Å². The molecule has 2 rings (SSSR count). The van der Waals surface area contributed by atoms with Crippen LogP contribution in [0.15, 0.2) is 42.5 Å². The Labute approximate surface area is 91.4 Å². The molecule has 0 aliphatic heterocycles. The summed E-state index contributed by atoms with van der Waals surface area (Å²) in [7, 11) is 0. The van der Waals surface area contributed by atoms with E-state index in [1.54, 1.807) is 0 Å². The van der Waals surface area contributed by atoms with Crippen LogP contribution >= 0.6 is 0 Å². The molecule has 0 radical (unpaired) electrons. The molecule has 0 aromatic heterocycles. The van der Waals surface area contributed by atoms with Crippen molar-refractivity contribution in [1.82, 2.24) is 0 Å². The fourth-order valence-electron chi connectivity index (χ4n) is 2.30. The van der Waals surface area contributed by atoms with Crippen LogP contribution in [0.1, 0.15) is 25.8 Å². The third-order valence-corrected chi connectivity index (χ3v) is 3.51. The summed E-state index contributed by atoms with van der Waals surface area (Å²) in [4.78, 5) is 0. The molecule has 0 heterocycles. The van der Waals surface area contributed by atoms with E-state index in [0.29, 0.717) is 5.92 Å². The maximum absolute atomic E-state index is 9.52. The van der Waals surface area contributed by atoms with Gasteiger partial charge in [-0.3, -0.25) is 0 Å². The second-order valence-electron chi connectivity index (χ2n) is 4.88. The molecular formula is C14H18O. The normalized spacial score (nSPS) is 25.8. The molecule has 0 fully saturated rings. The fraction of sp³-hybridized carbons (Fsp3) is 0.429. The predicted octanol–water partition coefficient (Wildman–Crippen LogP) is 2.90. The zero-order valence-electron chi connectivity index (χ0n) is 9.35. The van der Waals surface area contributed by atoms with E-state index in [1.807, 2.05) is 12.1 Å². The standard InChI is InChI=1S/C14H18O/c1-14(2,11-6-4-3-5-7-11)12-8-9-13(15)10-12/h3-9,12-13,15H,10H2,1-2H3. The van der Waals surface area contributed by atoms with Gasteiger partial charge in [-0.1, -0.05) is 56.3 Å². The average molecular weight is 202 g/mol. The third-order valence-electron chi connectivity index (χ3n) is 3.51. The van der Waals surface area contributed by atoms with E-state index in [2.05, 4.69) is 44.2 Å². The van der Waals surface area contributed by atoms with E-state index in [4.69, 9.17) is 0 Å². The van der Waals surface area contributed by atoms with Crippen LogP contribution in [0, 0.1) is 5.92 Å². The highest BCUT2D eigenvalue weighted by Gasteiger charge is 2.33. The van der Waals surface area contributed by atoms with Gasteiger partial charge in [0.15, 0.2) is 0 Å². The molecule has 2 unspecified atom stereocenters. The Balaban J connectivity index is 2.24. The first-order valence-electron chi connectivity index (χ1n) is 5.52. The summed E-state index contributed by atoms with van der Waals surface area (Å²) in [6.45, 7) is 4.49. The van der Waals surface area contributed by atoms with Crippen molar-refractivity contribution in [1.29, 1.82) is 0 Å². The summed E-state index contributed by atoms with van der Waals surface area (Å²) in [6.07, 6.45) is 4.66. The molecule has 15 heavy (non-hydrogen) atoms. The highest BCUT2D eigenvalue weighted by molar-refractivity contribution is 5.27. The van der Waals surface area contributed by atoms with Crippen LogP contribution in [0.25, 0.3) is 0 Å². The molecule has 0 bridgehead atoms. The minimum absolute atomic E-state index is 0.106. The fourth-order valence-corrected chi connectivity index (χ4v) is 2.30. The summed E-state index contributed by atoms with van der Waals surface area (Å²) in [5, 5.41) is 9.52. The predicted molar refractivity (Wildman–Crippen MR) is 62.7 cm³/mol. The average Bonchev–Trinajstić information content (AvgIpc) is 2.67. The van der Waals surface area contributed by atoms with Crippen LogP contribution in [-0.2, 0) is 5.41 Å². The van der Waals surface area contributed by atoms with Crippen LogP contribution in [0.2, 0.25) is 0 Å². The number of hydrogen-bond acceptors (Lipinski definition) is 1. The number of aliphatic hydroxyl groups excluding tert-OH is 1. The van der Waals surface area contributed by atoms with Crippen molar-refractivity contribution in [3.8, 4) is 0 Å². The minimum atomic E-state index is -0.252. The van der Waals surface area contributed by atoms with Crippen molar-refractivity contribution in [3.63, 3.8) is 0 Å². The van der Waals surface area contributed by atoms with Crippen molar-refractivity contribution in [2.45, 2.75) is 31.8 Å². The van der Waals surface area contributed by atoms with Crippen LogP contribution in [0.4, 0.5) is 0 Å². The van der Waals surface area contributed by atoms with Gasteiger partial charge in [-0.05, 0) is 23.3 Å². The Hall–Kier alpha value is -1.08. The summed E-state index contributed by atoms with van der Waals surface area (Å²) in [6, 6.07) is 10.5. The van der Waals surface area contributed by atoms with Crippen molar-refractivity contribution >= 4 is 0 Å². The van der Waals surface area contributed by atoms with E-state index in [1.165, 1.54) is 5.56 Å². The molecule has 1 aromatic rings. The zero-order valence-corrected chi connectivity index (χ0v) is 9.35. The van der Waals surface area contributed by atoms with Gasteiger partial charge in [0.1, 0.15) is 0 Å². The summed E-state index contributed by atoms with van der Waals surface area (Å²) < 4.78 is 0. The quantitative estimate of drug-likeness (QED) is 0.731. The van der Waals surface area contributed by atoms with Gasteiger partial charge < -0.3 is 5.11 Å². The van der Waals surface area contributed by atoms with E-state index in [9.17, 15) is 5.11 Å². The maximum atomic E-state index is 9.52. The molecule has 0 saturated carbocycles. The Morgan fingerprint density at radius 2 is 1.80 bits per heavy atom. The van der Waals surface area contributed by atoms with E-state index >= 15 is 0 Å². The van der Waals surface area contributed by atoms with Crippen molar-refractivity contribution < 1.29 is 5.11 Å². The molecule has 0 saturated heterocycles. The van der Waals surface area contributed by atoms with Crippen molar-refractivity contribution in [3.05, 3.63) is 48.0 Å². The zero-order chi connectivity index (χ0) is 10.9. The first-order valence-corrected chi connectivity index (χ1v) is 5.52. The topological polar surface area (TPSA) is 20.2 Å². The highest BCUT2D eigenvalue weighted by atomic mass is 16.3. The number of aliphatic hydroxyl groups is 1. The molecule has 1 nitrogen and oxygen atoms in total. The molecule has 0 spiro atoms. The lowest BCUT2D eigenvalue weighted by molar-refractivity contribution is 0.192. The first kappa shape index (κ1) is 10.4. The van der Waals surface area contributed by atoms with Gasteiger partial charge in [0.2, 0.25) is 0 Å². The Morgan fingerprint density at radius 1 is 1.13 bits per heavy atom. The number of rotatable bonds is 2. The van der Waals surface area contributed by atoms with Crippen molar-refractivity contribution in [2.24, 2.45) is 5.92 Å². The monoisotopic (exact) mass is 202 g/mol. The first-order chi connectivity index (χ1) is 7.10. The largest absolute Gasteiger partial charge is 0.389 e. The summed E-state index contributed by atoms with van der Waals surface area (Å²) in [5.74, 6) is 0.440. The van der Waals surface area contributed by atoms with E-state index in [-0.39, 0.29) is 11.5 Å². The van der Waals surface area contributed by atoms with Crippen LogP contribution in [0.5, 0.6) is 0 Å². The summed E-state index contributed by atoms with van der Waals surface area (Å²) in [5.41, 5.74) is 1.45. The third kappa shape index (κ3) is 1.98. The lowest BCUT2D eigenvalue weighted by Gasteiger charge is -2.31. The molecule has 2 atom stereocenters. The van der Waals surface area contributed by atoms with Crippen LogP contribution in [0.3, 0.4) is 0 Å².